The number of carbonyl (C=O) groups excluding carboxylic acids is 1. The zero-order valence-corrected chi connectivity index (χ0v) is 24.3. The minimum atomic E-state index is -3.91. The maximum absolute atomic E-state index is 13.6. The van der Waals surface area contributed by atoms with E-state index in [1.807, 2.05) is 6.92 Å². The van der Waals surface area contributed by atoms with E-state index in [0.29, 0.717) is 0 Å². The Morgan fingerprint density at radius 3 is 2.64 bits per heavy atom. The van der Waals surface area contributed by atoms with Crippen LogP contribution in [-0.4, -0.2) is 85.5 Å². The largest absolute Gasteiger partial charge is 0.488 e. The van der Waals surface area contributed by atoms with Crippen LogP contribution in [0.1, 0.15) is 24.2 Å². The summed E-state index contributed by atoms with van der Waals surface area (Å²) in [5.74, 6) is -0.590. The van der Waals surface area contributed by atoms with E-state index in [9.17, 15) is 26.7 Å². The molecule has 15 heteroatoms. The van der Waals surface area contributed by atoms with Crippen LogP contribution < -0.4 is 9.46 Å². The number of likely N-dealkylation sites (N-methyl/N-ethyl adjacent to an activating group) is 1. The Kier molecular flexibility index (Phi) is 8.37. The van der Waals surface area contributed by atoms with E-state index in [4.69, 9.17) is 4.74 Å². The summed E-state index contributed by atoms with van der Waals surface area (Å²) in [6, 6.07) is 6.90. The van der Waals surface area contributed by atoms with Crippen LogP contribution in [0, 0.1) is 5.92 Å². The Balaban J connectivity index is 1.68. The standard InChI is InChI=1S/C24H31N5O7S3/c1-16-11-29(17(2)14-30)24(31)19-10-18(26-38(32,33)23-6-5-9-37-23)7-8-20(19)36-21(16)12-28(4)39(34,35)22-13-27(3)15-25-22/h5-10,13,15-17,21,26,30H,11-12,14H2,1-4H3/t16-,17-,21+/m0/s1. The van der Waals surface area contributed by atoms with Gasteiger partial charge in [0, 0.05) is 38.4 Å². The number of fused-ring (bicyclic) bond motifs is 1. The van der Waals surface area contributed by atoms with Gasteiger partial charge in [-0.1, -0.05) is 13.0 Å². The number of rotatable bonds is 9. The number of aliphatic hydroxyl groups is 1. The topological polar surface area (TPSA) is 151 Å². The molecule has 0 saturated carbocycles. The van der Waals surface area contributed by atoms with Crippen LogP contribution in [0.2, 0.25) is 0 Å². The lowest BCUT2D eigenvalue weighted by Crippen LogP contribution is -2.50. The number of hydrogen-bond acceptors (Lipinski definition) is 9. The summed E-state index contributed by atoms with van der Waals surface area (Å²) >= 11 is 1.06. The molecule has 39 heavy (non-hydrogen) atoms. The summed E-state index contributed by atoms with van der Waals surface area (Å²) in [7, 11) is -4.66. The van der Waals surface area contributed by atoms with E-state index >= 15 is 0 Å². The van der Waals surface area contributed by atoms with Crippen molar-refractivity contribution in [1.29, 1.82) is 0 Å². The molecule has 212 valence electrons. The molecule has 2 aromatic heterocycles. The monoisotopic (exact) mass is 597 g/mol. The third-order valence-electron chi connectivity index (χ3n) is 6.47. The lowest BCUT2D eigenvalue weighted by Gasteiger charge is -2.38. The number of sulfonamides is 2. The molecule has 0 saturated heterocycles. The SMILES string of the molecule is C[C@H]1CN([C@@H](C)CO)C(=O)c2cc(NS(=O)(=O)c3cccs3)ccc2O[C@@H]1CN(C)S(=O)(=O)c1cn(C)cn1. The fourth-order valence-electron chi connectivity index (χ4n) is 4.16. The van der Waals surface area contributed by atoms with E-state index in [1.54, 1.807) is 25.4 Å². The van der Waals surface area contributed by atoms with E-state index in [0.717, 1.165) is 15.6 Å². The van der Waals surface area contributed by atoms with Crippen molar-refractivity contribution in [2.75, 3.05) is 31.5 Å². The molecule has 1 aliphatic heterocycles. The van der Waals surface area contributed by atoms with E-state index in [1.165, 1.54) is 53.3 Å². The predicted octanol–water partition coefficient (Wildman–Crippen LogP) is 1.82. The van der Waals surface area contributed by atoms with E-state index in [-0.39, 0.29) is 51.8 Å². The number of anilines is 1. The number of aryl methyl sites for hydroxylation is 1. The van der Waals surface area contributed by atoms with Gasteiger partial charge in [-0.2, -0.15) is 4.31 Å². The van der Waals surface area contributed by atoms with Gasteiger partial charge in [-0.25, -0.2) is 21.8 Å². The predicted molar refractivity (Wildman–Crippen MR) is 146 cm³/mol. The molecular formula is C24H31N5O7S3. The average molecular weight is 598 g/mol. The molecule has 4 rings (SSSR count). The molecule has 0 aliphatic carbocycles. The maximum Gasteiger partial charge on any atom is 0.271 e. The first kappa shape index (κ1) is 29.0. The molecular weight excluding hydrogens is 566 g/mol. The van der Waals surface area contributed by atoms with Gasteiger partial charge >= 0.3 is 0 Å². The highest BCUT2D eigenvalue weighted by Gasteiger charge is 2.36. The lowest BCUT2D eigenvalue weighted by molar-refractivity contribution is 0.0387. The highest BCUT2D eigenvalue weighted by Crippen LogP contribution is 2.32. The number of imidazole rings is 1. The van der Waals surface area contributed by atoms with Gasteiger partial charge < -0.3 is 19.3 Å². The number of hydrogen-bond donors (Lipinski definition) is 2. The van der Waals surface area contributed by atoms with Crippen LogP contribution in [0.5, 0.6) is 5.75 Å². The molecule has 0 radical (unpaired) electrons. The number of aromatic nitrogens is 2. The number of nitrogens with zero attached hydrogens (tertiary/aromatic N) is 4. The Morgan fingerprint density at radius 2 is 2.03 bits per heavy atom. The van der Waals surface area contributed by atoms with Gasteiger partial charge in [-0.15, -0.1) is 11.3 Å². The molecule has 1 amide bonds. The zero-order chi connectivity index (χ0) is 28.5. The van der Waals surface area contributed by atoms with Gasteiger partial charge in [0.25, 0.3) is 26.0 Å². The Bertz CT molecular complexity index is 1540. The summed E-state index contributed by atoms with van der Waals surface area (Å²) in [4.78, 5) is 19.1. The number of ether oxygens (including phenoxy) is 1. The number of nitrogens with one attached hydrogen (secondary N) is 1. The van der Waals surface area contributed by atoms with Crippen molar-refractivity contribution in [3.8, 4) is 5.75 Å². The molecule has 3 aromatic rings. The van der Waals surface area contributed by atoms with Crippen LogP contribution >= 0.6 is 11.3 Å². The normalized spacial score (nSPS) is 19.2. The quantitative estimate of drug-likeness (QED) is 0.379. The van der Waals surface area contributed by atoms with Crippen LogP contribution in [0.25, 0.3) is 0 Å². The van der Waals surface area contributed by atoms with Gasteiger partial charge in [0.05, 0.1) is 31.1 Å². The highest BCUT2D eigenvalue weighted by atomic mass is 32.2. The number of carbonyl (C=O) groups is 1. The number of benzene rings is 1. The van der Waals surface area contributed by atoms with Gasteiger partial charge in [-0.05, 0) is 36.6 Å². The van der Waals surface area contributed by atoms with Crippen molar-refractivity contribution < 1.29 is 31.5 Å². The molecule has 1 aromatic carbocycles. The second kappa shape index (κ2) is 11.3. The molecule has 2 N–H and O–H groups in total. The van der Waals surface area contributed by atoms with Crippen molar-refractivity contribution >= 4 is 43.0 Å². The smallest absolute Gasteiger partial charge is 0.271 e. The van der Waals surface area contributed by atoms with E-state index < -0.39 is 38.1 Å². The van der Waals surface area contributed by atoms with Crippen LogP contribution in [0.3, 0.4) is 0 Å². The Morgan fingerprint density at radius 1 is 1.28 bits per heavy atom. The van der Waals surface area contributed by atoms with Crippen molar-refractivity contribution in [3.63, 3.8) is 0 Å². The minimum Gasteiger partial charge on any atom is -0.488 e. The molecule has 3 heterocycles. The zero-order valence-electron chi connectivity index (χ0n) is 21.9. The molecule has 1 aliphatic rings. The van der Waals surface area contributed by atoms with Crippen LogP contribution in [0.4, 0.5) is 5.69 Å². The fraction of sp³-hybridized carbons (Fsp3) is 0.417. The molecule has 3 atom stereocenters. The van der Waals surface area contributed by atoms with Gasteiger partial charge in [0.1, 0.15) is 16.1 Å². The van der Waals surface area contributed by atoms with Gasteiger partial charge in [-0.3, -0.25) is 9.52 Å². The molecule has 0 spiro atoms. The summed E-state index contributed by atoms with van der Waals surface area (Å²) in [6.45, 7) is 3.38. The average Bonchev–Trinajstić information content (AvgIpc) is 3.59. The first-order valence-corrected chi connectivity index (χ1v) is 15.9. The number of aliphatic hydroxyl groups excluding tert-OH is 1. The third-order valence-corrected chi connectivity index (χ3v) is 11.0. The minimum absolute atomic E-state index is 0.0399. The van der Waals surface area contributed by atoms with Crippen molar-refractivity contribution in [2.24, 2.45) is 13.0 Å². The van der Waals surface area contributed by atoms with Gasteiger partial charge in [0.15, 0.2) is 5.03 Å². The number of amides is 1. The Hall–Kier alpha value is -2.98. The van der Waals surface area contributed by atoms with Crippen LogP contribution in [0.15, 0.2) is 57.5 Å². The molecule has 12 nitrogen and oxygen atoms in total. The first-order valence-electron chi connectivity index (χ1n) is 12.1. The second-order valence-electron chi connectivity index (χ2n) is 9.53. The summed E-state index contributed by atoms with van der Waals surface area (Å²) < 4.78 is 63.2. The van der Waals surface area contributed by atoms with Gasteiger partial charge in [0.2, 0.25) is 0 Å². The van der Waals surface area contributed by atoms with Crippen molar-refractivity contribution in [2.45, 2.75) is 35.2 Å². The lowest BCUT2D eigenvalue weighted by atomic mass is 9.99. The molecule has 0 unspecified atom stereocenters. The highest BCUT2D eigenvalue weighted by molar-refractivity contribution is 7.94. The van der Waals surface area contributed by atoms with Crippen molar-refractivity contribution in [3.05, 3.63) is 53.8 Å². The fourth-order valence-corrected chi connectivity index (χ4v) is 7.34. The van der Waals surface area contributed by atoms with E-state index in [2.05, 4.69) is 9.71 Å². The summed E-state index contributed by atoms with van der Waals surface area (Å²) in [6.07, 6.45) is 2.13. The van der Waals surface area contributed by atoms with Crippen LogP contribution in [-0.2, 0) is 27.1 Å². The summed E-state index contributed by atoms with van der Waals surface area (Å²) in [5, 5.41) is 11.4. The molecule has 0 bridgehead atoms. The van der Waals surface area contributed by atoms with Crippen molar-refractivity contribution in [1.82, 2.24) is 18.8 Å². The Labute approximate surface area is 231 Å². The maximum atomic E-state index is 13.6. The first-order chi connectivity index (χ1) is 18.3. The number of thiophene rings is 1. The second-order valence-corrected chi connectivity index (χ2v) is 14.4. The summed E-state index contributed by atoms with van der Waals surface area (Å²) in [5.41, 5.74) is 0.254. The third kappa shape index (κ3) is 6.11. The molecule has 0 fully saturated rings.